The number of pyridine rings is 1. The van der Waals surface area contributed by atoms with Gasteiger partial charge < -0.3 is 20.1 Å². The number of carbonyl (C=O) groups excluding carboxylic acids is 2. The lowest BCUT2D eigenvalue weighted by Crippen LogP contribution is -2.69. The highest BCUT2D eigenvalue weighted by atomic mass is 19.1. The maximum Gasteiger partial charge on any atom is 0.275 e. The van der Waals surface area contributed by atoms with E-state index in [1.165, 1.54) is 4.90 Å². The van der Waals surface area contributed by atoms with E-state index in [0.717, 1.165) is 6.20 Å². The fourth-order valence-corrected chi connectivity index (χ4v) is 4.03. The van der Waals surface area contributed by atoms with Gasteiger partial charge in [0.15, 0.2) is 11.5 Å². The van der Waals surface area contributed by atoms with Gasteiger partial charge in [-0.3, -0.25) is 9.59 Å². The molecule has 154 valence electrons. The maximum atomic E-state index is 13.9. The molecule has 2 amide bonds. The van der Waals surface area contributed by atoms with Crippen LogP contribution in [0, 0.1) is 11.6 Å². The van der Waals surface area contributed by atoms with Crippen molar-refractivity contribution in [3.05, 3.63) is 29.6 Å². The fourth-order valence-electron chi connectivity index (χ4n) is 4.03. The lowest BCUT2D eigenvalue weighted by Gasteiger charge is -2.53. The predicted octanol–water partition coefficient (Wildman–Crippen LogP) is 1.40. The van der Waals surface area contributed by atoms with E-state index in [0.29, 0.717) is 38.4 Å². The summed E-state index contributed by atoms with van der Waals surface area (Å²) in [6.07, 6.45) is 1.32. The molecule has 7 nitrogen and oxygen atoms in total. The van der Waals surface area contributed by atoms with Crippen molar-refractivity contribution in [2.45, 2.75) is 56.8 Å². The van der Waals surface area contributed by atoms with Crippen LogP contribution >= 0.6 is 0 Å². The minimum atomic E-state index is -1.01. The minimum Gasteiger partial charge on any atom is -0.388 e. The molecule has 2 fully saturated rings. The Bertz CT molecular complexity index is 768. The Balaban J connectivity index is 1.71. The Morgan fingerprint density at radius 1 is 1.36 bits per heavy atom. The van der Waals surface area contributed by atoms with E-state index in [-0.39, 0.29) is 19.0 Å². The van der Waals surface area contributed by atoms with Crippen molar-refractivity contribution in [2.24, 2.45) is 0 Å². The van der Waals surface area contributed by atoms with Crippen LogP contribution in [0.2, 0.25) is 0 Å². The number of hydrogen-bond acceptors (Lipinski definition) is 5. The van der Waals surface area contributed by atoms with Gasteiger partial charge in [0.05, 0.1) is 17.3 Å². The molecule has 0 aromatic carbocycles. The van der Waals surface area contributed by atoms with Gasteiger partial charge in [-0.15, -0.1) is 0 Å². The van der Waals surface area contributed by atoms with Gasteiger partial charge in [0.2, 0.25) is 5.91 Å². The number of amides is 2. The molecule has 1 aromatic heterocycles. The van der Waals surface area contributed by atoms with Crippen LogP contribution in [0.3, 0.4) is 0 Å². The van der Waals surface area contributed by atoms with Gasteiger partial charge in [-0.05, 0) is 26.2 Å². The number of piperidine rings is 1. The normalized spacial score (nSPS) is 26.9. The lowest BCUT2D eigenvalue weighted by atomic mass is 9.73. The average Bonchev–Trinajstić information content (AvgIpc) is 2.66. The second kappa shape index (κ2) is 7.71. The zero-order chi connectivity index (χ0) is 20.5. The first kappa shape index (κ1) is 20.6. The molecule has 2 aliphatic rings. The molecule has 1 aromatic rings. The molecule has 3 rings (SSSR count). The lowest BCUT2D eigenvalue weighted by molar-refractivity contribution is -0.205. The molecule has 3 heterocycles. The molecular formula is C19H25F2N3O4. The Morgan fingerprint density at radius 3 is 2.64 bits per heavy atom. The van der Waals surface area contributed by atoms with Crippen molar-refractivity contribution in [3.8, 4) is 0 Å². The minimum absolute atomic E-state index is 0.149. The number of nitrogens with one attached hydrogen (secondary N) is 1. The van der Waals surface area contributed by atoms with Gasteiger partial charge in [-0.1, -0.05) is 6.92 Å². The number of rotatable bonds is 3. The zero-order valence-corrected chi connectivity index (χ0v) is 16.0. The zero-order valence-electron chi connectivity index (χ0n) is 16.0. The predicted molar refractivity (Wildman–Crippen MR) is 95.4 cm³/mol. The molecule has 0 radical (unpaired) electrons. The first-order valence-electron chi connectivity index (χ1n) is 9.44. The first-order valence-corrected chi connectivity index (χ1v) is 9.44. The van der Waals surface area contributed by atoms with Crippen LogP contribution in [0.1, 0.15) is 50.0 Å². The van der Waals surface area contributed by atoms with Gasteiger partial charge in [0.1, 0.15) is 11.9 Å². The molecule has 2 aliphatic heterocycles. The molecule has 2 atom stereocenters. The van der Waals surface area contributed by atoms with E-state index in [4.69, 9.17) is 4.74 Å². The van der Waals surface area contributed by atoms with Gasteiger partial charge in [-0.2, -0.15) is 0 Å². The number of carbonyl (C=O) groups is 2. The van der Waals surface area contributed by atoms with Gasteiger partial charge in [0.25, 0.3) is 5.91 Å². The molecule has 9 heteroatoms. The quantitative estimate of drug-likeness (QED) is 0.805. The molecule has 0 unspecified atom stereocenters. The van der Waals surface area contributed by atoms with Crippen molar-refractivity contribution in [2.75, 3.05) is 19.7 Å². The summed E-state index contributed by atoms with van der Waals surface area (Å²) in [5, 5.41) is 13.9. The van der Waals surface area contributed by atoms with Crippen LogP contribution in [-0.4, -0.2) is 63.7 Å². The summed E-state index contributed by atoms with van der Waals surface area (Å²) >= 11 is 0. The molecule has 2 N–H and O–H groups in total. The second-order valence-electron chi connectivity index (χ2n) is 7.66. The summed E-state index contributed by atoms with van der Waals surface area (Å²) in [6, 6.07) is 0.627. The van der Waals surface area contributed by atoms with Crippen molar-refractivity contribution in [1.82, 2.24) is 15.2 Å². The standard InChI is InChI=1S/C19H25F2N3O4/c1-3-14(25)23-18(2)6-9-28-19(17(18)27)4-7-24(8-5-19)16(26)15-13(21)10-12(20)11-22-15/h10-11,17,27H,3-9H2,1-2H3,(H,23,25)/t17-,18+/m0/s1. The summed E-state index contributed by atoms with van der Waals surface area (Å²) in [6.45, 7) is 4.37. The van der Waals surface area contributed by atoms with Crippen molar-refractivity contribution in [1.29, 1.82) is 0 Å². The van der Waals surface area contributed by atoms with E-state index < -0.39 is 40.5 Å². The van der Waals surface area contributed by atoms with Crippen LogP contribution in [0.15, 0.2) is 12.3 Å². The third kappa shape index (κ3) is 3.73. The highest BCUT2D eigenvalue weighted by Gasteiger charge is 2.54. The molecule has 0 aliphatic carbocycles. The Hall–Kier alpha value is -2.13. The topological polar surface area (TPSA) is 91.8 Å². The van der Waals surface area contributed by atoms with E-state index in [1.54, 1.807) is 13.8 Å². The van der Waals surface area contributed by atoms with E-state index >= 15 is 0 Å². The molecule has 0 saturated carbocycles. The summed E-state index contributed by atoms with van der Waals surface area (Å²) in [5.74, 6) is -2.63. The van der Waals surface area contributed by atoms with Crippen LogP contribution in [-0.2, 0) is 9.53 Å². The SMILES string of the molecule is CCC(=O)N[C@]1(C)CCOC2(CCN(C(=O)c3ncc(F)cc3F)CC2)[C@H]1O. The number of nitrogens with zero attached hydrogens (tertiary/aromatic N) is 2. The largest absolute Gasteiger partial charge is 0.388 e. The molecular weight excluding hydrogens is 372 g/mol. The average molecular weight is 397 g/mol. The van der Waals surface area contributed by atoms with Crippen molar-refractivity contribution >= 4 is 11.8 Å². The van der Waals surface area contributed by atoms with E-state index in [1.807, 2.05) is 0 Å². The van der Waals surface area contributed by atoms with Crippen LogP contribution in [0.25, 0.3) is 0 Å². The highest BCUT2D eigenvalue weighted by molar-refractivity contribution is 5.92. The molecule has 0 bridgehead atoms. The Kier molecular flexibility index (Phi) is 5.67. The first-order chi connectivity index (χ1) is 13.2. The summed E-state index contributed by atoms with van der Waals surface area (Å²) in [5.41, 5.74) is -2.13. The Labute approximate surface area is 162 Å². The number of likely N-dealkylation sites (tertiary alicyclic amines) is 1. The van der Waals surface area contributed by atoms with Crippen molar-refractivity contribution < 1.29 is 28.2 Å². The monoisotopic (exact) mass is 397 g/mol. The second-order valence-corrected chi connectivity index (χ2v) is 7.66. The number of aliphatic hydroxyl groups excluding tert-OH is 1. The number of ether oxygens (including phenoxy) is 1. The maximum absolute atomic E-state index is 13.9. The van der Waals surface area contributed by atoms with Gasteiger partial charge in [-0.25, -0.2) is 13.8 Å². The van der Waals surface area contributed by atoms with Crippen LogP contribution < -0.4 is 5.32 Å². The number of aromatic nitrogens is 1. The third-order valence-corrected chi connectivity index (χ3v) is 5.77. The molecule has 28 heavy (non-hydrogen) atoms. The molecule has 1 spiro atoms. The number of hydrogen-bond donors (Lipinski definition) is 2. The summed E-state index contributed by atoms with van der Waals surface area (Å²) < 4.78 is 32.8. The highest BCUT2D eigenvalue weighted by Crippen LogP contribution is 2.40. The Morgan fingerprint density at radius 2 is 2.04 bits per heavy atom. The number of halogens is 2. The van der Waals surface area contributed by atoms with Gasteiger partial charge in [0, 0.05) is 32.2 Å². The van der Waals surface area contributed by atoms with Crippen LogP contribution in [0.4, 0.5) is 8.78 Å². The van der Waals surface area contributed by atoms with E-state index in [9.17, 15) is 23.5 Å². The summed E-state index contributed by atoms with van der Waals surface area (Å²) in [4.78, 5) is 29.4. The molecule has 2 saturated heterocycles. The fraction of sp³-hybridized carbons (Fsp3) is 0.632. The van der Waals surface area contributed by atoms with E-state index in [2.05, 4.69) is 10.3 Å². The number of aliphatic hydroxyl groups is 1. The van der Waals surface area contributed by atoms with Crippen molar-refractivity contribution in [3.63, 3.8) is 0 Å². The van der Waals surface area contributed by atoms with Crippen LogP contribution in [0.5, 0.6) is 0 Å². The smallest absolute Gasteiger partial charge is 0.275 e. The third-order valence-electron chi connectivity index (χ3n) is 5.77. The van der Waals surface area contributed by atoms with Gasteiger partial charge >= 0.3 is 0 Å². The summed E-state index contributed by atoms with van der Waals surface area (Å²) in [7, 11) is 0.